The van der Waals surface area contributed by atoms with Gasteiger partial charge in [0.15, 0.2) is 0 Å². The summed E-state index contributed by atoms with van der Waals surface area (Å²) in [6, 6.07) is 12.2. The third kappa shape index (κ3) is 3.34. The van der Waals surface area contributed by atoms with Crippen LogP contribution in [-0.2, 0) is 24.3 Å². The number of carbonyl (C=O) groups is 1. The van der Waals surface area contributed by atoms with Gasteiger partial charge in [0.05, 0.1) is 6.04 Å². The Balaban J connectivity index is 1.57. The summed E-state index contributed by atoms with van der Waals surface area (Å²) in [5.74, 6) is 0.0724. The van der Waals surface area contributed by atoms with Crippen LogP contribution < -0.4 is 5.32 Å². The maximum absolute atomic E-state index is 12.4. The highest BCUT2D eigenvalue weighted by Crippen LogP contribution is 2.20. The summed E-state index contributed by atoms with van der Waals surface area (Å²) in [7, 11) is 0. The van der Waals surface area contributed by atoms with Crippen molar-refractivity contribution in [2.24, 2.45) is 0 Å². The van der Waals surface area contributed by atoms with Gasteiger partial charge in [0.25, 0.3) is 0 Å². The molecule has 0 fully saturated rings. The van der Waals surface area contributed by atoms with Crippen LogP contribution in [0, 0.1) is 0 Å². The molecule has 0 bridgehead atoms. The normalized spacial score (nSPS) is 15.9. The second-order valence-corrected chi connectivity index (χ2v) is 5.74. The number of carbonyl (C=O) groups excluding carboxylic acids is 1. The second-order valence-electron chi connectivity index (χ2n) is 5.74. The lowest BCUT2D eigenvalue weighted by molar-refractivity contribution is -0.126. The molecule has 0 radical (unpaired) electrons. The lowest BCUT2D eigenvalue weighted by atomic mass is 9.99. The van der Waals surface area contributed by atoms with E-state index in [1.54, 1.807) is 12.4 Å². The number of amides is 1. The van der Waals surface area contributed by atoms with Crippen molar-refractivity contribution in [3.05, 3.63) is 65.5 Å². The van der Waals surface area contributed by atoms with E-state index in [0.717, 1.165) is 25.1 Å². The van der Waals surface area contributed by atoms with Crippen LogP contribution in [-0.4, -0.2) is 28.4 Å². The highest BCUT2D eigenvalue weighted by Gasteiger charge is 2.24. The van der Waals surface area contributed by atoms with E-state index in [1.807, 2.05) is 19.1 Å². The Morgan fingerprint density at radius 2 is 2.09 bits per heavy atom. The fourth-order valence-electron chi connectivity index (χ4n) is 2.85. The van der Waals surface area contributed by atoms with Crippen LogP contribution in [0.15, 0.2) is 48.8 Å². The third-order valence-electron chi connectivity index (χ3n) is 4.28. The molecule has 0 saturated heterocycles. The van der Waals surface area contributed by atoms with Gasteiger partial charge in [-0.15, -0.1) is 0 Å². The molecule has 1 amide bonds. The number of nitrogens with zero attached hydrogens (tertiary/aromatic N) is 2. The van der Waals surface area contributed by atoms with Crippen molar-refractivity contribution in [3.63, 3.8) is 0 Å². The zero-order valence-corrected chi connectivity index (χ0v) is 12.8. The molecule has 0 saturated carbocycles. The van der Waals surface area contributed by atoms with Crippen molar-refractivity contribution in [3.8, 4) is 0 Å². The number of hydrogen-bond acceptors (Lipinski definition) is 3. The minimum Gasteiger partial charge on any atom is -0.351 e. The van der Waals surface area contributed by atoms with Gasteiger partial charge in [0, 0.05) is 32.0 Å². The summed E-state index contributed by atoms with van der Waals surface area (Å²) in [5.41, 5.74) is 3.76. The van der Waals surface area contributed by atoms with Gasteiger partial charge < -0.3 is 5.32 Å². The molecule has 0 aliphatic carbocycles. The van der Waals surface area contributed by atoms with Gasteiger partial charge in [-0.3, -0.25) is 14.7 Å². The summed E-state index contributed by atoms with van der Waals surface area (Å²) in [6.07, 6.45) is 4.53. The molecule has 0 spiro atoms. The number of hydrogen-bond donors (Lipinski definition) is 1. The maximum Gasteiger partial charge on any atom is 0.237 e. The number of pyridine rings is 1. The molecule has 4 nitrogen and oxygen atoms in total. The first kappa shape index (κ1) is 14.7. The zero-order chi connectivity index (χ0) is 15.4. The van der Waals surface area contributed by atoms with E-state index in [1.165, 1.54) is 11.1 Å². The van der Waals surface area contributed by atoms with Gasteiger partial charge >= 0.3 is 0 Å². The van der Waals surface area contributed by atoms with Crippen molar-refractivity contribution in [2.75, 3.05) is 6.54 Å². The molecule has 1 aliphatic heterocycles. The van der Waals surface area contributed by atoms with Crippen LogP contribution in [0.4, 0.5) is 0 Å². The molecule has 2 heterocycles. The van der Waals surface area contributed by atoms with Crippen LogP contribution in [0.5, 0.6) is 0 Å². The van der Waals surface area contributed by atoms with Crippen molar-refractivity contribution in [2.45, 2.75) is 32.5 Å². The van der Waals surface area contributed by atoms with Crippen LogP contribution in [0.25, 0.3) is 0 Å². The van der Waals surface area contributed by atoms with Crippen molar-refractivity contribution >= 4 is 5.91 Å². The SMILES string of the molecule is C[C@@H](C(=O)NCc1cccnc1)N1CCc2ccccc2C1. The predicted octanol–water partition coefficient (Wildman–Crippen LogP) is 2.14. The molecule has 1 aliphatic rings. The average molecular weight is 295 g/mol. The van der Waals surface area contributed by atoms with E-state index in [4.69, 9.17) is 0 Å². The molecule has 1 N–H and O–H groups in total. The predicted molar refractivity (Wildman–Crippen MR) is 86.1 cm³/mol. The van der Waals surface area contributed by atoms with E-state index in [9.17, 15) is 4.79 Å². The van der Waals surface area contributed by atoms with Gasteiger partial charge in [-0.1, -0.05) is 30.3 Å². The molecule has 1 aromatic carbocycles. The van der Waals surface area contributed by atoms with E-state index < -0.39 is 0 Å². The number of fused-ring (bicyclic) bond motifs is 1. The molecule has 4 heteroatoms. The Bertz CT molecular complexity index is 642. The molecule has 0 unspecified atom stereocenters. The summed E-state index contributed by atoms with van der Waals surface area (Å²) in [4.78, 5) is 18.7. The minimum atomic E-state index is -0.120. The van der Waals surface area contributed by atoms with E-state index in [-0.39, 0.29) is 11.9 Å². The van der Waals surface area contributed by atoms with E-state index >= 15 is 0 Å². The Hall–Kier alpha value is -2.20. The monoisotopic (exact) mass is 295 g/mol. The van der Waals surface area contributed by atoms with Crippen LogP contribution in [0.3, 0.4) is 0 Å². The molecule has 1 aromatic heterocycles. The first-order chi connectivity index (χ1) is 10.7. The van der Waals surface area contributed by atoms with Crippen molar-refractivity contribution in [1.82, 2.24) is 15.2 Å². The van der Waals surface area contributed by atoms with Crippen LogP contribution in [0.2, 0.25) is 0 Å². The quantitative estimate of drug-likeness (QED) is 0.940. The fraction of sp³-hybridized carbons (Fsp3) is 0.333. The Morgan fingerprint density at radius 1 is 1.27 bits per heavy atom. The Labute approximate surface area is 131 Å². The van der Waals surface area contributed by atoms with Gasteiger partial charge in [0.1, 0.15) is 0 Å². The van der Waals surface area contributed by atoms with Crippen molar-refractivity contribution in [1.29, 1.82) is 0 Å². The molecule has 114 valence electrons. The first-order valence-electron chi connectivity index (χ1n) is 7.71. The number of nitrogens with one attached hydrogen (secondary N) is 1. The molecular weight excluding hydrogens is 274 g/mol. The minimum absolute atomic E-state index is 0.0724. The summed E-state index contributed by atoms with van der Waals surface area (Å²) in [6.45, 7) is 4.28. The van der Waals surface area contributed by atoms with Gasteiger partial charge in [-0.05, 0) is 36.1 Å². The van der Waals surface area contributed by atoms with Gasteiger partial charge in [-0.2, -0.15) is 0 Å². The molecule has 1 atom stereocenters. The summed E-state index contributed by atoms with van der Waals surface area (Å²) < 4.78 is 0. The molecule has 3 rings (SSSR count). The van der Waals surface area contributed by atoms with Crippen LogP contribution in [0.1, 0.15) is 23.6 Å². The Morgan fingerprint density at radius 3 is 2.86 bits per heavy atom. The van der Waals surface area contributed by atoms with E-state index in [2.05, 4.69) is 39.5 Å². The smallest absolute Gasteiger partial charge is 0.237 e. The van der Waals surface area contributed by atoms with Gasteiger partial charge in [0.2, 0.25) is 5.91 Å². The Kier molecular flexibility index (Phi) is 4.49. The maximum atomic E-state index is 12.4. The van der Waals surface area contributed by atoms with Crippen molar-refractivity contribution < 1.29 is 4.79 Å². The van der Waals surface area contributed by atoms with Gasteiger partial charge in [-0.25, -0.2) is 0 Å². The topological polar surface area (TPSA) is 45.2 Å². The molecular formula is C18H21N3O. The molecule has 22 heavy (non-hydrogen) atoms. The standard InChI is InChI=1S/C18H21N3O/c1-14(18(22)20-12-15-5-4-9-19-11-15)21-10-8-16-6-2-3-7-17(16)13-21/h2-7,9,11,14H,8,10,12-13H2,1H3,(H,20,22)/t14-/m0/s1. The number of rotatable bonds is 4. The van der Waals surface area contributed by atoms with E-state index in [0.29, 0.717) is 6.54 Å². The third-order valence-corrected chi connectivity index (χ3v) is 4.28. The fourth-order valence-corrected chi connectivity index (χ4v) is 2.85. The summed E-state index contributed by atoms with van der Waals surface area (Å²) in [5, 5.41) is 3.00. The number of benzene rings is 1. The lowest BCUT2D eigenvalue weighted by Crippen LogP contribution is -2.46. The molecule has 2 aromatic rings. The summed E-state index contributed by atoms with van der Waals surface area (Å²) >= 11 is 0. The second kappa shape index (κ2) is 6.71. The zero-order valence-electron chi connectivity index (χ0n) is 12.8. The number of aromatic nitrogens is 1. The highest BCUT2D eigenvalue weighted by molar-refractivity contribution is 5.81. The first-order valence-corrected chi connectivity index (χ1v) is 7.71. The highest BCUT2D eigenvalue weighted by atomic mass is 16.2. The lowest BCUT2D eigenvalue weighted by Gasteiger charge is -2.32. The largest absolute Gasteiger partial charge is 0.351 e. The average Bonchev–Trinajstić information content (AvgIpc) is 2.59. The van der Waals surface area contributed by atoms with Crippen LogP contribution >= 0.6 is 0 Å².